The summed E-state index contributed by atoms with van der Waals surface area (Å²) in [5, 5.41) is 4.79. The molecule has 34 heavy (non-hydrogen) atoms. The molecule has 176 valence electrons. The van der Waals surface area contributed by atoms with E-state index in [1.54, 1.807) is 24.5 Å². The summed E-state index contributed by atoms with van der Waals surface area (Å²) in [4.78, 5) is 13.9. The van der Waals surface area contributed by atoms with Crippen LogP contribution in [0.1, 0.15) is 17.0 Å². The summed E-state index contributed by atoms with van der Waals surface area (Å²) in [7, 11) is 0. The standard InChI is InChI=1S/C26H27FN6.ClH/c1-19-24(20(2)33(30-19)23-6-4-3-5-7-23)18-31-14-16-32(17-15-31)26-25(28-12-13-29-26)21-8-10-22(27)11-9-21;/h3-13H,14-18H2,1-2H3;1H. The van der Waals surface area contributed by atoms with Crippen molar-refractivity contribution in [3.8, 4) is 16.9 Å². The van der Waals surface area contributed by atoms with Crippen molar-refractivity contribution in [2.75, 3.05) is 31.1 Å². The SMILES string of the molecule is Cc1nn(-c2ccccc2)c(C)c1CN1CCN(c2nccnc2-c2ccc(F)cc2)CC1.Cl. The van der Waals surface area contributed by atoms with E-state index in [0.717, 1.165) is 61.2 Å². The van der Waals surface area contributed by atoms with Crippen molar-refractivity contribution in [2.45, 2.75) is 20.4 Å². The molecule has 1 saturated heterocycles. The third-order valence-electron chi connectivity index (χ3n) is 6.29. The number of nitrogens with zero attached hydrogens (tertiary/aromatic N) is 6. The fraction of sp³-hybridized carbons (Fsp3) is 0.269. The van der Waals surface area contributed by atoms with Gasteiger partial charge in [0, 0.05) is 61.9 Å². The number of hydrogen-bond acceptors (Lipinski definition) is 5. The van der Waals surface area contributed by atoms with Gasteiger partial charge in [-0.2, -0.15) is 5.10 Å². The molecular formula is C26H28ClFN6. The maximum atomic E-state index is 13.4. The van der Waals surface area contributed by atoms with Gasteiger partial charge in [-0.25, -0.2) is 14.1 Å². The van der Waals surface area contributed by atoms with Crippen LogP contribution in [0.2, 0.25) is 0 Å². The van der Waals surface area contributed by atoms with Crippen LogP contribution in [-0.4, -0.2) is 50.8 Å². The third kappa shape index (κ3) is 4.81. The maximum absolute atomic E-state index is 13.4. The van der Waals surface area contributed by atoms with Crippen molar-refractivity contribution in [3.05, 3.63) is 89.8 Å². The van der Waals surface area contributed by atoms with Crippen molar-refractivity contribution in [3.63, 3.8) is 0 Å². The average molecular weight is 479 g/mol. The Morgan fingerprint density at radius 2 is 1.53 bits per heavy atom. The number of piperazine rings is 1. The van der Waals surface area contributed by atoms with Crippen LogP contribution in [0.4, 0.5) is 10.2 Å². The zero-order chi connectivity index (χ0) is 22.8. The van der Waals surface area contributed by atoms with E-state index in [1.165, 1.54) is 23.4 Å². The number of benzene rings is 2. The Balaban J connectivity index is 0.00000274. The van der Waals surface area contributed by atoms with Gasteiger partial charge in [0.1, 0.15) is 11.5 Å². The first-order chi connectivity index (χ1) is 16.1. The third-order valence-corrected chi connectivity index (χ3v) is 6.29. The second kappa shape index (κ2) is 10.3. The summed E-state index contributed by atoms with van der Waals surface area (Å²) in [5.41, 5.74) is 6.31. The second-order valence-electron chi connectivity index (χ2n) is 8.40. The molecule has 5 rings (SSSR count). The summed E-state index contributed by atoms with van der Waals surface area (Å²) in [6, 6.07) is 16.7. The first-order valence-electron chi connectivity index (χ1n) is 11.2. The molecule has 0 bridgehead atoms. The Kier molecular flexibility index (Phi) is 7.24. The topological polar surface area (TPSA) is 50.1 Å². The molecule has 0 N–H and O–H groups in total. The quantitative estimate of drug-likeness (QED) is 0.411. The van der Waals surface area contributed by atoms with E-state index in [4.69, 9.17) is 5.10 Å². The minimum Gasteiger partial charge on any atom is -0.352 e. The number of anilines is 1. The number of aromatic nitrogens is 4. The van der Waals surface area contributed by atoms with E-state index < -0.39 is 0 Å². The van der Waals surface area contributed by atoms with Gasteiger partial charge in [-0.05, 0) is 50.2 Å². The molecule has 0 atom stereocenters. The molecule has 1 fully saturated rings. The zero-order valence-electron chi connectivity index (χ0n) is 19.4. The largest absolute Gasteiger partial charge is 0.352 e. The van der Waals surface area contributed by atoms with E-state index >= 15 is 0 Å². The van der Waals surface area contributed by atoms with E-state index in [0.29, 0.717) is 0 Å². The fourth-order valence-corrected chi connectivity index (χ4v) is 4.44. The van der Waals surface area contributed by atoms with Crippen molar-refractivity contribution >= 4 is 18.2 Å². The number of hydrogen-bond donors (Lipinski definition) is 0. The normalized spacial score (nSPS) is 14.1. The summed E-state index contributed by atoms with van der Waals surface area (Å²) in [6.07, 6.45) is 3.41. The average Bonchev–Trinajstić information content (AvgIpc) is 3.14. The molecule has 0 amide bonds. The van der Waals surface area contributed by atoms with Crippen molar-refractivity contribution in [1.29, 1.82) is 0 Å². The van der Waals surface area contributed by atoms with Gasteiger partial charge in [-0.1, -0.05) is 18.2 Å². The minimum atomic E-state index is -0.251. The molecule has 3 heterocycles. The van der Waals surface area contributed by atoms with E-state index in [-0.39, 0.29) is 18.2 Å². The van der Waals surface area contributed by atoms with Crippen LogP contribution in [0.3, 0.4) is 0 Å². The first kappa shape index (κ1) is 23.9. The lowest BCUT2D eigenvalue weighted by molar-refractivity contribution is 0.248. The van der Waals surface area contributed by atoms with Gasteiger partial charge in [0.25, 0.3) is 0 Å². The Bertz CT molecular complexity index is 1230. The van der Waals surface area contributed by atoms with Crippen LogP contribution in [0.15, 0.2) is 67.0 Å². The van der Waals surface area contributed by atoms with Crippen molar-refractivity contribution < 1.29 is 4.39 Å². The number of aryl methyl sites for hydroxylation is 1. The summed E-state index contributed by atoms with van der Waals surface area (Å²) >= 11 is 0. The number of halogens is 2. The van der Waals surface area contributed by atoms with E-state index in [2.05, 4.69) is 45.7 Å². The predicted octanol–water partition coefficient (Wildman–Crippen LogP) is 4.83. The highest BCUT2D eigenvalue weighted by atomic mass is 35.5. The fourth-order valence-electron chi connectivity index (χ4n) is 4.44. The van der Waals surface area contributed by atoms with Crippen molar-refractivity contribution in [1.82, 2.24) is 24.6 Å². The van der Waals surface area contributed by atoms with Gasteiger partial charge in [0.15, 0.2) is 5.82 Å². The Morgan fingerprint density at radius 3 is 2.24 bits per heavy atom. The maximum Gasteiger partial charge on any atom is 0.155 e. The van der Waals surface area contributed by atoms with Crippen LogP contribution in [0.25, 0.3) is 16.9 Å². The molecule has 8 heteroatoms. The molecular weight excluding hydrogens is 451 g/mol. The first-order valence-corrected chi connectivity index (χ1v) is 11.2. The highest BCUT2D eigenvalue weighted by molar-refractivity contribution is 5.85. The Labute approximate surface area is 205 Å². The van der Waals surface area contributed by atoms with Gasteiger partial charge >= 0.3 is 0 Å². The molecule has 2 aromatic heterocycles. The summed E-state index contributed by atoms with van der Waals surface area (Å²) in [5.74, 6) is 0.604. The summed E-state index contributed by atoms with van der Waals surface area (Å²) in [6.45, 7) is 8.68. The lowest BCUT2D eigenvalue weighted by Gasteiger charge is -2.36. The highest BCUT2D eigenvalue weighted by Gasteiger charge is 2.23. The van der Waals surface area contributed by atoms with Gasteiger partial charge in [-0.15, -0.1) is 12.4 Å². The van der Waals surface area contributed by atoms with Gasteiger partial charge < -0.3 is 4.90 Å². The summed E-state index contributed by atoms with van der Waals surface area (Å²) < 4.78 is 15.4. The van der Waals surface area contributed by atoms with Crippen LogP contribution >= 0.6 is 12.4 Å². The highest BCUT2D eigenvalue weighted by Crippen LogP contribution is 2.28. The minimum absolute atomic E-state index is 0. The molecule has 6 nitrogen and oxygen atoms in total. The Morgan fingerprint density at radius 1 is 0.853 bits per heavy atom. The second-order valence-corrected chi connectivity index (χ2v) is 8.40. The lowest BCUT2D eigenvalue weighted by Crippen LogP contribution is -2.46. The Hall–Kier alpha value is -3.29. The molecule has 1 aliphatic rings. The van der Waals surface area contributed by atoms with Crippen LogP contribution in [-0.2, 0) is 6.54 Å². The van der Waals surface area contributed by atoms with Gasteiger partial charge in [0.2, 0.25) is 0 Å². The number of para-hydroxylation sites is 1. The molecule has 4 aromatic rings. The molecule has 0 radical (unpaired) electrons. The molecule has 0 spiro atoms. The van der Waals surface area contributed by atoms with E-state index in [1.807, 2.05) is 22.9 Å². The number of rotatable bonds is 5. The molecule has 0 unspecified atom stereocenters. The van der Waals surface area contributed by atoms with Crippen LogP contribution < -0.4 is 4.90 Å². The molecule has 2 aromatic carbocycles. The zero-order valence-corrected chi connectivity index (χ0v) is 20.2. The van der Waals surface area contributed by atoms with E-state index in [9.17, 15) is 4.39 Å². The van der Waals surface area contributed by atoms with Gasteiger partial charge in [0.05, 0.1) is 11.4 Å². The predicted molar refractivity (Wildman–Crippen MR) is 135 cm³/mol. The van der Waals surface area contributed by atoms with Crippen LogP contribution in [0, 0.1) is 19.7 Å². The van der Waals surface area contributed by atoms with Crippen LogP contribution in [0.5, 0.6) is 0 Å². The molecule has 1 aliphatic heterocycles. The molecule has 0 saturated carbocycles. The molecule has 0 aliphatic carbocycles. The smallest absolute Gasteiger partial charge is 0.155 e. The van der Waals surface area contributed by atoms with Crippen molar-refractivity contribution in [2.24, 2.45) is 0 Å². The monoisotopic (exact) mass is 478 g/mol. The van der Waals surface area contributed by atoms with Gasteiger partial charge in [-0.3, -0.25) is 9.88 Å². The lowest BCUT2D eigenvalue weighted by atomic mass is 10.1.